The second kappa shape index (κ2) is 14.6. The average Bonchev–Trinajstić information content (AvgIpc) is 3.52. The Morgan fingerprint density at radius 1 is 1.10 bits per heavy atom. The minimum absolute atomic E-state index is 0.0435. The van der Waals surface area contributed by atoms with E-state index in [-0.39, 0.29) is 29.6 Å². The maximum Gasteiger partial charge on any atom is 0.407 e. The molecule has 0 spiro atoms. The molecule has 0 aromatic heterocycles. The van der Waals surface area contributed by atoms with Crippen LogP contribution in [0, 0.1) is 29.0 Å². The molecule has 2 aromatic rings. The highest BCUT2D eigenvalue weighted by molar-refractivity contribution is 5.73. The zero-order chi connectivity index (χ0) is 34.8. The van der Waals surface area contributed by atoms with Crippen molar-refractivity contribution in [3.05, 3.63) is 65.0 Å². The maximum absolute atomic E-state index is 14.9. The Bertz CT molecular complexity index is 1550. The van der Waals surface area contributed by atoms with E-state index in [4.69, 9.17) is 4.74 Å². The molecule has 6 rings (SSSR count). The number of ether oxygens (including phenoxy) is 1. The number of nitrogens with one attached hydrogen (secondary N) is 2. The minimum Gasteiger partial charge on any atom is -0.453 e. The summed E-state index contributed by atoms with van der Waals surface area (Å²) in [6.45, 7) is 6.04. The van der Waals surface area contributed by atoms with Crippen molar-refractivity contribution in [2.45, 2.75) is 68.8 Å². The van der Waals surface area contributed by atoms with E-state index in [1.807, 2.05) is 23.1 Å². The normalized spacial score (nSPS) is 24.3. The summed E-state index contributed by atoms with van der Waals surface area (Å²) < 4.78 is 33.2. The summed E-state index contributed by atoms with van der Waals surface area (Å²) in [5.41, 5.74) is 1.72. The Kier molecular flexibility index (Phi) is 10.4. The predicted octanol–water partition coefficient (Wildman–Crippen LogP) is 3.71. The number of halogens is 2. The monoisotopic (exact) mass is 678 g/mol. The van der Waals surface area contributed by atoms with Gasteiger partial charge in [-0.15, -0.1) is 0 Å². The number of β-amino-alcohol motifs (C(OH)–C–C–N with tert-alkyl or cyclic N) is 1. The van der Waals surface area contributed by atoms with Crippen molar-refractivity contribution < 1.29 is 28.2 Å². The molecule has 49 heavy (non-hydrogen) atoms. The molecule has 0 bridgehead atoms. The standard InChI is InChI=1S/C37H48F2N6O4/c1-25(46)41-21-37(29-5-3-6-30(38)16-29,33-7-4-8-34(33)42-35(47)49-2)28-11-13-43(14-12-28)22-36(48)23-45(24-36)32-10-9-26(17-40)27(15-32)18-44-19-31(39)20-44/h3,5-6,9-10,15-16,28,31,33-34,48H,4,7-8,11-14,18-24H2,1-2H3,(H,41,46)(H,42,47)/t33-,34-,37-/m0/s1. The number of likely N-dealkylation sites (tertiary alicyclic amines) is 2. The van der Waals surface area contributed by atoms with Gasteiger partial charge in [-0.1, -0.05) is 18.6 Å². The maximum atomic E-state index is 14.9. The number of benzene rings is 2. The number of rotatable bonds is 11. The Morgan fingerprint density at radius 3 is 2.51 bits per heavy atom. The van der Waals surface area contributed by atoms with Crippen LogP contribution in [0.25, 0.3) is 0 Å². The van der Waals surface area contributed by atoms with Crippen molar-refractivity contribution >= 4 is 17.7 Å². The number of amides is 2. The first-order valence-electron chi connectivity index (χ1n) is 17.5. The molecule has 3 heterocycles. The molecule has 0 radical (unpaired) electrons. The van der Waals surface area contributed by atoms with Gasteiger partial charge in [-0.05, 0) is 92.1 Å². The Morgan fingerprint density at radius 2 is 1.86 bits per heavy atom. The van der Waals surface area contributed by atoms with Gasteiger partial charge in [-0.3, -0.25) is 9.69 Å². The van der Waals surface area contributed by atoms with E-state index in [9.17, 15) is 28.7 Å². The number of nitrogens with zero attached hydrogens (tertiary/aromatic N) is 4. The number of carbonyl (C=O) groups is 2. The molecule has 12 heteroatoms. The molecule has 1 aliphatic carbocycles. The van der Waals surface area contributed by atoms with E-state index in [0.717, 1.165) is 62.0 Å². The second-order valence-electron chi connectivity index (χ2n) is 14.6. The van der Waals surface area contributed by atoms with Crippen LogP contribution in [0.1, 0.15) is 55.7 Å². The van der Waals surface area contributed by atoms with Gasteiger partial charge in [0.15, 0.2) is 0 Å². The lowest BCUT2D eigenvalue weighted by Gasteiger charge is -2.53. The number of alkyl halides is 1. The van der Waals surface area contributed by atoms with Crippen LogP contribution in [0.2, 0.25) is 0 Å². The first kappa shape index (κ1) is 35.1. The SMILES string of the molecule is COC(=O)N[C@H]1CCC[C@@H]1[C@](CNC(C)=O)(c1cccc(F)c1)C1CCN(CC2(O)CN(c3ccc(C#N)c(CN4CC(F)C4)c3)C2)CC1. The van der Waals surface area contributed by atoms with Gasteiger partial charge in [0.25, 0.3) is 0 Å². The zero-order valence-electron chi connectivity index (χ0n) is 28.5. The summed E-state index contributed by atoms with van der Waals surface area (Å²) in [5.74, 6) is -0.449. The molecule has 4 aliphatic rings. The fraction of sp³-hybridized carbons (Fsp3) is 0.595. The van der Waals surface area contributed by atoms with Crippen LogP contribution in [-0.2, 0) is 21.5 Å². The molecule has 0 unspecified atom stereocenters. The van der Waals surface area contributed by atoms with Gasteiger partial charge in [0.2, 0.25) is 5.91 Å². The summed E-state index contributed by atoms with van der Waals surface area (Å²) >= 11 is 0. The largest absolute Gasteiger partial charge is 0.453 e. The Hall–Kier alpha value is -3.79. The van der Waals surface area contributed by atoms with Crippen molar-refractivity contribution in [2.24, 2.45) is 11.8 Å². The molecular formula is C37H48F2N6O4. The number of alkyl carbamates (subject to hydrolysis) is 1. The van der Waals surface area contributed by atoms with E-state index in [0.29, 0.717) is 51.4 Å². The molecule has 4 fully saturated rings. The molecule has 3 N–H and O–H groups in total. The Balaban J connectivity index is 1.15. The van der Waals surface area contributed by atoms with Gasteiger partial charge >= 0.3 is 6.09 Å². The third kappa shape index (κ3) is 7.54. The molecular weight excluding hydrogens is 630 g/mol. The van der Waals surface area contributed by atoms with Crippen LogP contribution < -0.4 is 15.5 Å². The van der Waals surface area contributed by atoms with E-state index >= 15 is 0 Å². The highest BCUT2D eigenvalue weighted by Crippen LogP contribution is 2.50. The number of aliphatic hydroxyl groups is 1. The number of hydrogen-bond donors (Lipinski definition) is 3. The first-order chi connectivity index (χ1) is 23.5. The lowest BCUT2D eigenvalue weighted by Crippen LogP contribution is -2.67. The lowest BCUT2D eigenvalue weighted by molar-refractivity contribution is -0.119. The molecule has 10 nitrogen and oxygen atoms in total. The van der Waals surface area contributed by atoms with E-state index in [1.54, 1.807) is 18.2 Å². The fourth-order valence-corrected chi connectivity index (χ4v) is 9.00. The highest BCUT2D eigenvalue weighted by Gasteiger charge is 2.52. The molecule has 2 amide bonds. The van der Waals surface area contributed by atoms with E-state index in [2.05, 4.69) is 26.5 Å². The summed E-state index contributed by atoms with van der Waals surface area (Å²) in [6.07, 6.45) is 2.77. The quantitative estimate of drug-likeness (QED) is 0.329. The number of methoxy groups -OCH3 is 1. The lowest BCUT2D eigenvalue weighted by atomic mass is 9.58. The molecule has 3 aliphatic heterocycles. The van der Waals surface area contributed by atoms with Gasteiger partial charge in [-0.2, -0.15) is 5.26 Å². The molecule has 2 aromatic carbocycles. The summed E-state index contributed by atoms with van der Waals surface area (Å²) in [4.78, 5) is 31.1. The van der Waals surface area contributed by atoms with Crippen molar-refractivity contribution in [1.29, 1.82) is 5.26 Å². The molecule has 3 atom stereocenters. The first-order valence-corrected chi connectivity index (χ1v) is 17.5. The fourth-order valence-electron chi connectivity index (χ4n) is 9.00. The predicted molar refractivity (Wildman–Crippen MR) is 181 cm³/mol. The van der Waals surface area contributed by atoms with Crippen molar-refractivity contribution in [1.82, 2.24) is 20.4 Å². The van der Waals surface area contributed by atoms with E-state index in [1.165, 1.54) is 20.1 Å². The third-order valence-corrected chi connectivity index (χ3v) is 11.3. The average molecular weight is 679 g/mol. The van der Waals surface area contributed by atoms with Crippen LogP contribution in [-0.4, -0.2) is 104 Å². The Labute approximate surface area is 287 Å². The molecule has 1 saturated carbocycles. The number of carbonyl (C=O) groups excluding carboxylic acids is 2. The topological polar surface area (TPSA) is 121 Å². The third-order valence-electron chi connectivity index (χ3n) is 11.3. The van der Waals surface area contributed by atoms with Gasteiger partial charge in [0.1, 0.15) is 17.6 Å². The number of piperidine rings is 1. The highest BCUT2D eigenvalue weighted by atomic mass is 19.1. The van der Waals surface area contributed by atoms with Crippen LogP contribution >= 0.6 is 0 Å². The number of nitriles is 1. The van der Waals surface area contributed by atoms with Crippen molar-refractivity contribution in [2.75, 3.05) is 64.4 Å². The number of hydrogen-bond acceptors (Lipinski definition) is 8. The van der Waals surface area contributed by atoms with Crippen molar-refractivity contribution in [3.63, 3.8) is 0 Å². The summed E-state index contributed by atoms with van der Waals surface area (Å²) in [7, 11) is 1.35. The van der Waals surface area contributed by atoms with Crippen molar-refractivity contribution in [3.8, 4) is 6.07 Å². The molecule has 264 valence electrons. The summed E-state index contributed by atoms with van der Waals surface area (Å²) in [5, 5.41) is 27.3. The van der Waals surface area contributed by atoms with Crippen LogP contribution in [0.15, 0.2) is 42.5 Å². The molecule has 3 saturated heterocycles. The van der Waals surface area contributed by atoms with Crippen LogP contribution in [0.3, 0.4) is 0 Å². The second-order valence-corrected chi connectivity index (χ2v) is 14.6. The van der Waals surface area contributed by atoms with Gasteiger partial charge < -0.3 is 30.3 Å². The minimum atomic E-state index is -0.892. The van der Waals surface area contributed by atoms with Gasteiger partial charge in [0, 0.05) is 69.9 Å². The van der Waals surface area contributed by atoms with Crippen LogP contribution in [0.4, 0.5) is 19.3 Å². The zero-order valence-corrected chi connectivity index (χ0v) is 28.5. The van der Waals surface area contributed by atoms with Gasteiger partial charge in [0.05, 0.1) is 18.7 Å². The van der Waals surface area contributed by atoms with Crippen LogP contribution in [0.5, 0.6) is 0 Å². The smallest absolute Gasteiger partial charge is 0.407 e. The van der Waals surface area contributed by atoms with E-state index < -0.39 is 23.3 Å². The van der Waals surface area contributed by atoms with Gasteiger partial charge in [-0.25, -0.2) is 13.6 Å². The summed E-state index contributed by atoms with van der Waals surface area (Å²) in [6, 6.07) is 14.5. The number of anilines is 1.